The standard InChI is InChI=1S/C15H21N3O3/c1-3-17(10-12-7-4-6-11(2)16-12)15(21)18-9-5-8-13(18)14(19)20/h4,6-7,13H,3,5,8-10H2,1-2H3,(H,19,20)/t13-/m0/s1. The lowest BCUT2D eigenvalue weighted by Gasteiger charge is -2.29. The van der Waals surface area contributed by atoms with Crippen molar-refractivity contribution in [3.05, 3.63) is 29.6 Å². The van der Waals surface area contributed by atoms with Gasteiger partial charge in [0, 0.05) is 18.8 Å². The third-order valence-electron chi connectivity index (χ3n) is 3.73. The maximum Gasteiger partial charge on any atom is 0.326 e. The lowest BCUT2D eigenvalue weighted by atomic mass is 10.2. The van der Waals surface area contributed by atoms with Crippen LogP contribution in [0.25, 0.3) is 0 Å². The molecule has 1 N–H and O–H groups in total. The molecule has 0 bridgehead atoms. The number of aryl methyl sites for hydroxylation is 1. The van der Waals surface area contributed by atoms with Crippen molar-refractivity contribution in [2.45, 2.75) is 39.3 Å². The van der Waals surface area contributed by atoms with Crippen molar-refractivity contribution in [2.75, 3.05) is 13.1 Å². The number of carbonyl (C=O) groups excluding carboxylic acids is 1. The highest BCUT2D eigenvalue weighted by Gasteiger charge is 2.35. The molecular formula is C15H21N3O3. The second kappa shape index (κ2) is 6.56. The minimum Gasteiger partial charge on any atom is -0.480 e. The molecule has 6 nitrogen and oxygen atoms in total. The van der Waals surface area contributed by atoms with Gasteiger partial charge < -0.3 is 14.9 Å². The average molecular weight is 291 g/mol. The normalized spacial score (nSPS) is 17.8. The summed E-state index contributed by atoms with van der Waals surface area (Å²) in [4.78, 5) is 31.2. The van der Waals surface area contributed by atoms with Crippen LogP contribution in [0.4, 0.5) is 4.79 Å². The van der Waals surface area contributed by atoms with Crippen molar-refractivity contribution in [3.8, 4) is 0 Å². The van der Waals surface area contributed by atoms with E-state index in [2.05, 4.69) is 4.98 Å². The lowest BCUT2D eigenvalue weighted by molar-refractivity contribution is -0.141. The highest BCUT2D eigenvalue weighted by molar-refractivity contribution is 5.83. The van der Waals surface area contributed by atoms with E-state index >= 15 is 0 Å². The molecule has 0 aromatic carbocycles. The summed E-state index contributed by atoms with van der Waals surface area (Å²) in [5, 5.41) is 9.19. The fourth-order valence-electron chi connectivity index (χ4n) is 2.63. The van der Waals surface area contributed by atoms with Crippen molar-refractivity contribution in [1.82, 2.24) is 14.8 Å². The smallest absolute Gasteiger partial charge is 0.326 e. The molecule has 2 heterocycles. The number of carboxylic acid groups (broad SMARTS) is 1. The summed E-state index contributed by atoms with van der Waals surface area (Å²) in [5.74, 6) is -0.925. The molecule has 6 heteroatoms. The molecule has 0 spiro atoms. The molecule has 2 amide bonds. The van der Waals surface area contributed by atoms with E-state index in [0.29, 0.717) is 26.1 Å². The lowest BCUT2D eigenvalue weighted by Crippen LogP contribution is -2.47. The zero-order chi connectivity index (χ0) is 15.4. The topological polar surface area (TPSA) is 73.7 Å². The number of rotatable bonds is 4. The summed E-state index contributed by atoms with van der Waals surface area (Å²) in [6.07, 6.45) is 1.27. The molecule has 1 saturated heterocycles. The zero-order valence-electron chi connectivity index (χ0n) is 12.5. The molecule has 0 aliphatic carbocycles. The summed E-state index contributed by atoms with van der Waals surface area (Å²) in [5.41, 5.74) is 1.72. The molecule has 0 radical (unpaired) electrons. The van der Waals surface area contributed by atoms with Crippen LogP contribution >= 0.6 is 0 Å². The van der Waals surface area contributed by atoms with Crippen molar-refractivity contribution >= 4 is 12.0 Å². The summed E-state index contributed by atoms with van der Waals surface area (Å²) in [7, 11) is 0. The third kappa shape index (κ3) is 3.51. The first-order chi connectivity index (χ1) is 10.0. The minimum absolute atomic E-state index is 0.217. The first kappa shape index (κ1) is 15.3. The van der Waals surface area contributed by atoms with E-state index in [1.807, 2.05) is 32.0 Å². The van der Waals surface area contributed by atoms with Crippen molar-refractivity contribution in [3.63, 3.8) is 0 Å². The Kier molecular flexibility index (Phi) is 4.77. The average Bonchev–Trinajstić information content (AvgIpc) is 2.93. The molecule has 1 atom stereocenters. The zero-order valence-corrected chi connectivity index (χ0v) is 12.5. The van der Waals surface area contributed by atoms with Gasteiger partial charge in [0.1, 0.15) is 6.04 Å². The number of carbonyl (C=O) groups is 2. The number of urea groups is 1. The predicted molar refractivity (Wildman–Crippen MR) is 77.8 cm³/mol. The Morgan fingerprint density at radius 1 is 1.48 bits per heavy atom. The Bertz CT molecular complexity index is 533. The summed E-state index contributed by atoms with van der Waals surface area (Å²) in [6, 6.07) is 4.78. The van der Waals surface area contributed by atoms with Crippen LogP contribution in [-0.4, -0.2) is 51.0 Å². The number of nitrogens with zero attached hydrogens (tertiary/aromatic N) is 3. The molecule has 114 valence electrons. The fourth-order valence-corrected chi connectivity index (χ4v) is 2.63. The van der Waals surface area contributed by atoms with Gasteiger partial charge in [-0.05, 0) is 38.8 Å². The summed E-state index contributed by atoms with van der Waals surface area (Å²) in [6.45, 7) is 5.23. The number of likely N-dealkylation sites (tertiary alicyclic amines) is 1. The van der Waals surface area contributed by atoms with E-state index in [1.54, 1.807) is 4.90 Å². The molecule has 1 aromatic heterocycles. The number of carboxylic acids is 1. The van der Waals surface area contributed by atoms with Gasteiger partial charge in [0.2, 0.25) is 0 Å². The molecule has 1 aliphatic rings. The first-order valence-corrected chi connectivity index (χ1v) is 7.23. The molecule has 0 saturated carbocycles. The largest absolute Gasteiger partial charge is 0.480 e. The molecule has 0 unspecified atom stereocenters. The molecule has 21 heavy (non-hydrogen) atoms. The van der Waals surface area contributed by atoms with Gasteiger partial charge in [-0.15, -0.1) is 0 Å². The molecule has 2 rings (SSSR count). The third-order valence-corrected chi connectivity index (χ3v) is 3.73. The molecule has 1 aromatic rings. The maximum atomic E-state index is 12.5. The van der Waals surface area contributed by atoms with Crippen LogP contribution in [0.2, 0.25) is 0 Å². The monoisotopic (exact) mass is 291 g/mol. The maximum absolute atomic E-state index is 12.5. The van der Waals surface area contributed by atoms with E-state index in [9.17, 15) is 14.7 Å². The summed E-state index contributed by atoms with van der Waals surface area (Å²) < 4.78 is 0. The van der Waals surface area contributed by atoms with Gasteiger partial charge >= 0.3 is 12.0 Å². The summed E-state index contributed by atoms with van der Waals surface area (Å²) >= 11 is 0. The van der Waals surface area contributed by atoms with Crippen molar-refractivity contribution < 1.29 is 14.7 Å². The van der Waals surface area contributed by atoms with Crippen LogP contribution in [0.3, 0.4) is 0 Å². The van der Waals surface area contributed by atoms with E-state index in [-0.39, 0.29) is 6.03 Å². The quantitative estimate of drug-likeness (QED) is 0.919. The van der Waals surface area contributed by atoms with Crippen LogP contribution < -0.4 is 0 Å². The van der Waals surface area contributed by atoms with Crippen LogP contribution in [0.15, 0.2) is 18.2 Å². The minimum atomic E-state index is -0.925. The van der Waals surface area contributed by atoms with Gasteiger partial charge in [-0.3, -0.25) is 4.98 Å². The molecular weight excluding hydrogens is 270 g/mol. The van der Waals surface area contributed by atoms with E-state index < -0.39 is 12.0 Å². The Hall–Kier alpha value is -2.11. The number of pyridine rings is 1. The Labute approximate surface area is 124 Å². The number of aliphatic carboxylic acids is 1. The Balaban J connectivity index is 2.10. The van der Waals surface area contributed by atoms with Gasteiger partial charge in [-0.2, -0.15) is 0 Å². The molecule has 1 aliphatic heterocycles. The number of amides is 2. The second-order valence-electron chi connectivity index (χ2n) is 5.26. The fraction of sp³-hybridized carbons (Fsp3) is 0.533. The van der Waals surface area contributed by atoms with Gasteiger partial charge in [-0.25, -0.2) is 9.59 Å². The highest BCUT2D eigenvalue weighted by atomic mass is 16.4. The van der Waals surface area contributed by atoms with Gasteiger partial charge in [0.25, 0.3) is 0 Å². The van der Waals surface area contributed by atoms with Crippen LogP contribution in [0, 0.1) is 6.92 Å². The van der Waals surface area contributed by atoms with Gasteiger partial charge in [0.15, 0.2) is 0 Å². The SMILES string of the molecule is CCN(Cc1cccc(C)n1)C(=O)N1CCC[C@H]1C(=O)O. The van der Waals surface area contributed by atoms with Crippen LogP contribution in [0.1, 0.15) is 31.2 Å². The van der Waals surface area contributed by atoms with Crippen molar-refractivity contribution in [2.24, 2.45) is 0 Å². The van der Waals surface area contributed by atoms with Crippen LogP contribution in [0.5, 0.6) is 0 Å². The van der Waals surface area contributed by atoms with Crippen molar-refractivity contribution in [1.29, 1.82) is 0 Å². The van der Waals surface area contributed by atoms with E-state index in [4.69, 9.17) is 0 Å². The van der Waals surface area contributed by atoms with Gasteiger partial charge in [0.05, 0.1) is 12.2 Å². The first-order valence-electron chi connectivity index (χ1n) is 7.23. The number of hydrogen-bond acceptors (Lipinski definition) is 3. The predicted octanol–water partition coefficient (Wildman–Crippen LogP) is 1.88. The number of hydrogen-bond donors (Lipinski definition) is 1. The molecule has 1 fully saturated rings. The second-order valence-corrected chi connectivity index (χ2v) is 5.26. The number of aromatic nitrogens is 1. The van der Waals surface area contributed by atoms with Crippen LogP contribution in [-0.2, 0) is 11.3 Å². The van der Waals surface area contributed by atoms with E-state index in [1.165, 1.54) is 4.90 Å². The Morgan fingerprint density at radius 3 is 2.86 bits per heavy atom. The highest BCUT2D eigenvalue weighted by Crippen LogP contribution is 2.20. The Morgan fingerprint density at radius 2 is 2.24 bits per heavy atom. The van der Waals surface area contributed by atoms with Gasteiger partial charge in [-0.1, -0.05) is 6.07 Å². The van der Waals surface area contributed by atoms with E-state index in [0.717, 1.165) is 17.8 Å².